The summed E-state index contributed by atoms with van der Waals surface area (Å²) in [5.41, 5.74) is 2.03. The van der Waals surface area contributed by atoms with E-state index < -0.39 is 11.7 Å². The molecule has 5 nitrogen and oxygen atoms in total. The van der Waals surface area contributed by atoms with Crippen LogP contribution in [0, 0.1) is 0 Å². The van der Waals surface area contributed by atoms with Crippen molar-refractivity contribution in [3.05, 3.63) is 95.6 Å². The van der Waals surface area contributed by atoms with Gasteiger partial charge in [0.25, 0.3) is 0 Å². The summed E-state index contributed by atoms with van der Waals surface area (Å²) in [6.45, 7) is 3.93. The van der Waals surface area contributed by atoms with Gasteiger partial charge in [-0.15, -0.1) is 0 Å². The van der Waals surface area contributed by atoms with Crippen LogP contribution in [-0.2, 0) is 12.2 Å². The zero-order chi connectivity index (χ0) is 23.3. The maximum Gasteiger partial charge on any atom is 0.161 e. The lowest BCUT2D eigenvalue weighted by atomic mass is 9.83. The molecule has 2 unspecified atom stereocenters. The van der Waals surface area contributed by atoms with E-state index in [2.05, 4.69) is 4.90 Å². The van der Waals surface area contributed by atoms with Crippen molar-refractivity contribution in [3.63, 3.8) is 0 Å². The Bertz CT molecular complexity index is 1020. The summed E-state index contributed by atoms with van der Waals surface area (Å²) >= 11 is 0. The predicted octanol–water partition coefficient (Wildman–Crippen LogP) is 4.68. The molecule has 1 saturated heterocycles. The van der Waals surface area contributed by atoms with Gasteiger partial charge in [-0.3, -0.25) is 4.90 Å². The fourth-order valence-electron chi connectivity index (χ4n) is 4.54. The largest absolute Gasteiger partial charge is 0.493 e. The Morgan fingerprint density at radius 1 is 0.909 bits per heavy atom. The third-order valence-corrected chi connectivity index (χ3v) is 6.74. The second kappa shape index (κ2) is 10.4. The number of methoxy groups -OCH3 is 1. The van der Waals surface area contributed by atoms with Crippen LogP contribution in [0.2, 0.25) is 0 Å². The molecule has 0 saturated carbocycles. The van der Waals surface area contributed by atoms with Crippen LogP contribution in [-0.4, -0.2) is 41.4 Å². The van der Waals surface area contributed by atoms with Gasteiger partial charge in [-0.05, 0) is 48.6 Å². The van der Waals surface area contributed by atoms with Gasteiger partial charge < -0.3 is 19.7 Å². The first-order valence-electron chi connectivity index (χ1n) is 11.5. The topological polar surface area (TPSA) is 62.2 Å². The van der Waals surface area contributed by atoms with Gasteiger partial charge in [0.15, 0.2) is 11.5 Å². The first-order chi connectivity index (χ1) is 16.0. The van der Waals surface area contributed by atoms with Crippen molar-refractivity contribution >= 4 is 0 Å². The van der Waals surface area contributed by atoms with E-state index >= 15 is 0 Å². The summed E-state index contributed by atoms with van der Waals surface area (Å²) in [7, 11) is 1.61. The highest BCUT2D eigenvalue weighted by Crippen LogP contribution is 2.36. The van der Waals surface area contributed by atoms with E-state index in [0.29, 0.717) is 30.9 Å². The molecule has 4 rings (SSSR count). The Labute approximate surface area is 196 Å². The van der Waals surface area contributed by atoms with Gasteiger partial charge in [0, 0.05) is 19.1 Å². The van der Waals surface area contributed by atoms with Gasteiger partial charge >= 0.3 is 0 Å². The average Bonchev–Trinajstić information content (AvgIpc) is 2.88. The summed E-state index contributed by atoms with van der Waals surface area (Å²) in [5, 5.41) is 22.2. The molecule has 2 N–H and O–H groups in total. The number of nitrogens with zero attached hydrogens (tertiary/aromatic N) is 1. The number of ether oxygens (including phenoxy) is 2. The molecule has 0 radical (unpaired) electrons. The molecule has 1 aliphatic rings. The van der Waals surface area contributed by atoms with E-state index in [4.69, 9.17) is 9.47 Å². The second-order valence-corrected chi connectivity index (χ2v) is 8.80. The number of aliphatic hydroxyl groups is 2. The molecule has 0 aliphatic carbocycles. The molecule has 0 aromatic heterocycles. The van der Waals surface area contributed by atoms with E-state index in [-0.39, 0.29) is 6.04 Å². The van der Waals surface area contributed by atoms with Crippen molar-refractivity contribution in [1.29, 1.82) is 0 Å². The minimum atomic E-state index is -0.802. The van der Waals surface area contributed by atoms with Gasteiger partial charge in [-0.1, -0.05) is 66.7 Å². The summed E-state index contributed by atoms with van der Waals surface area (Å²) in [6.07, 6.45) is 0.609. The summed E-state index contributed by atoms with van der Waals surface area (Å²) in [6, 6.07) is 25.4. The Morgan fingerprint density at radius 3 is 2.18 bits per heavy atom. The smallest absolute Gasteiger partial charge is 0.161 e. The van der Waals surface area contributed by atoms with E-state index in [1.54, 1.807) is 7.11 Å². The molecule has 174 valence electrons. The van der Waals surface area contributed by atoms with Crippen molar-refractivity contribution < 1.29 is 19.7 Å². The number of hydrogen-bond donors (Lipinski definition) is 2. The molecule has 5 heteroatoms. The van der Waals surface area contributed by atoms with Crippen LogP contribution in [0.25, 0.3) is 0 Å². The van der Waals surface area contributed by atoms with E-state index in [0.717, 1.165) is 29.8 Å². The number of likely N-dealkylation sites (tertiary alicyclic amines) is 1. The predicted molar refractivity (Wildman–Crippen MR) is 129 cm³/mol. The summed E-state index contributed by atoms with van der Waals surface area (Å²) < 4.78 is 11.5. The monoisotopic (exact) mass is 447 g/mol. The maximum absolute atomic E-state index is 11.1. The molecular formula is C28H33NO4. The Kier molecular flexibility index (Phi) is 7.33. The third-order valence-electron chi connectivity index (χ3n) is 6.74. The Morgan fingerprint density at radius 2 is 1.55 bits per heavy atom. The molecule has 3 aromatic rings. The molecule has 0 bridgehead atoms. The third kappa shape index (κ3) is 5.38. The maximum atomic E-state index is 11.1. The van der Waals surface area contributed by atoms with Crippen LogP contribution >= 0.6 is 0 Å². The van der Waals surface area contributed by atoms with E-state index in [9.17, 15) is 10.2 Å². The molecular weight excluding hydrogens is 414 g/mol. The van der Waals surface area contributed by atoms with Crippen molar-refractivity contribution in [2.45, 2.75) is 44.1 Å². The molecule has 33 heavy (non-hydrogen) atoms. The van der Waals surface area contributed by atoms with Crippen LogP contribution in [0.4, 0.5) is 0 Å². The number of benzene rings is 3. The van der Waals surface area contributed by atoms with Gasteiger partial charge in [-0.2, -0.15) is 0 Å². The minimum absolute atomic E-state index is 0.0916. The van der Waals surface area contributed by atoms with Gasteiger partial charge in [-0.25, -0.2) is 0 Å². The van der Waals surface area contributed by atoms with Crippen LogP contribution < -0.4 is 9.47 Å². The van der Waals surface area contributed by atoms with Crippen LogP contribution in [0.15, 0.2) is 78.9 Å². The van der Waals surface area contributed by atoms with Crippen molar-refractivity contribution in [1.82, 2.24) is 4.90 Å². The molecule has 0 amide bonds. The lowest BCUT2D eigenvalue weighted by Crippen LogP contribution is -2.47. The lowest BCUT2D eigenvalue weighted by Gasteiger charge is -2.42. The zero-order valence-electron chi connectivity index (χ0n) is 19.4. The number of hydrogen-bond acceptors (Lipinski definition) is 5. The fourth-order valence-corrected chi connectivity index (χ4v) is 4.54. The Hall–Kier alpha value is -2.86. The number of piperidine rings is 1. The fraction of sp³-hybridized carbons (Fsp3) is 0.357. The normalized spacial score (nSPS) is 17.8. The molecule has 1 heterocycles. The number of aliphatic hydroxyl groups excluding tert-OH is 1. The minimum Gasteiger partial charge on any atom is -0.493 e. The quantitative estimate of drug-likeness (QED) is 0.525. The molecule has 1 aliphatic heterocycles. The van der Waals surface area contributed by atoms with Gasteiger partial charge in [0.1, 0.15) is 6.61 Å². The summed E-state index contributed by atoms with van der Waals surface area (Å²) in [5.74, 6) is 1.25. The SMILES string of the molecule is COc1cc(C(O)C(C)N2CCC(O)(c3ccccc3)CC2)ccc1OCc1ccccc1. The number of rotatable bonds is 8. The Balaban J connectivity index is 1.39. The highest BCUT2D eigenvalue weighted by atomic mass is 16.5. The summed E-state index contributed by atoms with van der Waals surface area (Å²) in [4.78, 5) is 2.24. The average molecular weight is 448 g/mol. The molecule has 0 spiro atoms. The first kappa shape index (κ1) is 23.3. The first-order valence-corrected chi connectivity index (χ1v) is 11.5. The van der Waals surface area contributed by atoms with Gasteiger partial charge in [0.05, 0.1) is 18.8 Å². The van der Waals surface area contributed by atoms with Crippen molar-refractivity contribution in [3.8, 4) is 11.5 Å². The molecule has 2 atom stereocenters. The molecule has 1 fully saturated rings. The second-order valence-electron chi connectivity index (χ2n) is 8.80. The van der Waals surface area contributed by atoms with Crippen molar-refractivity contribution in [2.75, 3.05) is 20.2 Å². The van der Waals surface area contributed by atoms with Crippen molar-refractivity contribution in [2.24, 2.45) is 0 Å². The van der Waals surface area contributed by atoms with Gasteiger partial charge in [0.2, 0.25) is 0 Å². The van der Waals surface area contributed by atoms with Crippen LogP contribution in [0.5, 0.6) is 11.5 Å². The highest BCUT2D eigenvalue weighted by Gasteiger charge is 2.36. The van der Waals surface area contributed by atoms with E-state index in [1.807, 2.05) is 85.8 Å². The van der Waals surface area contributed by atoms with Crippen LogP contribution in [0.3, 0.4) is 0 Å². The highest BCUT2D eigenvalue weighted by molar-refractivity contribution is 5.44. The zero-order valence-corrected chi connectivity index (χ0v) is 19.4. The van der Waals surface area contributed by atoms with E-state index in [1.165, 1.54) is 0 Å². The van der Waals surface area contributed by atoms with Crippen LogP contribution in [0.1, 0.15) is 42.6 Å². The lowest BCUT2D eigenvalue weighted by molar-refractivity contribution is -0.0502. The molecule has 3 aromatic carbocycles. The standard InChI is InChI=1S/C28H33NO4/c1-21(29-17-15-28(31,16-18-29)24-11-7-4-8-12-24)27(30)23-13-14-25(26(19-23)32-2)33-20-22-9-5-3-6-10-22/h3-14,19,21,27,30-31H,15-18,20H2,1-2H3.